The minimum Gasteiger partial charge on any atom is -0.493 e. The van der Waals surface area contributed by atoms with Crippen LogP contribution in [0.5, 0.6) is 11.5 Å². The van der Waals surface area contributed by atoms with Crippen molar-refractivity contribution < 1.29 is 34.0 Å². The lowest BCUT2D eigenvalue weighted by atomic mass is 9.89. The Morgan fingerprint density at radius 3 is 2.88 bits per heavy atom. The minimum absolute atomic E-state index is 0.0797. The van der Waals surface area contributed by atoms with Crippen LogP contribution in [0, 0.1) is 3.57 Å². The van der Waals surface area contributed by atoms with Gasteiger partial charge in [-0.1, -0.05) is 0 Å². The van der Waals surface area contributed by atoms with E-state index in [-0.39, 0.29) is 25.2 Å². The van der Waals surface area contributed by atoms with Crippen LogP contribution < -0.4 is 20.1 Å². The van der Waals surface area contributed by atoms with Gasteiger partial charge in [-0.3, -0.25) is 9.59 Å². The van der Waals surface area contributed by atoms with E-state index in [1.54, 1.807) is 18.2 Å². The number of methoxy groups -OCH3 is 1. The van der Waals surface area contributed by atoms with Gasteiger partial charge in [0, 0.05) is 36.9 Å². The van der Waals surface area contributed by atoms with Crippen LogP contribution in [-0.4, -0.2) is 80.2 Å². The van der Waals surface area contributed by atoms with Crippen molar-refractivity contribution in [3.8, 4) is 11.5 Å². The lowest BCUT2D eigenvalue weighted by Crippen LogP contribution is -2.53. The first kappa shape index (κ1) is 24.9. The Morgan fingerprint density at radius 1 is 1.41 bits per heavy atom. The van der Waals surface area contributed by atoms with Crippen molar-refractivity contribution in [3.63, 3.8) is 0 Å². The van der Waals surface area contributed by atoms with Gasteiger partial charge in [-0.15, -0.1) is 0 Å². The second kappa shape index (κ2) is 11.9. The normalized spacial score (nSPS) is 25.2. The van der Waals surface area contributed by atoms with Crippen LogP contribution in [0.2, 0.25) is 0 Å². The Bertz CT molecular complexity index is 842. The lowest BCUT2D eigenvalue weighted by molar-refractivity contribution is -0.118. The molecule has 0 saturated carbocycles. The second-order valence-electron chi connectivity index (χ2n) is 7.75. The van der Waals surface area contributed by atoms with E-state index in [1.807, 2.05) is 22.6 Å². The molecule has 1 amide bonds. The van der Waals surface area contributed by atoms with Crippen LogP contribution in [0.15, 0.2) is 23.8 Å². The number of nitrogens with one attached hydrogen (secondary N) is 2. The predicted molar refractivity (Wildman–Crippen MR) is 125 cm³/mol. The maximum absolute atomic E-state index is 12.6. The summed E-state index contributed by atoms with van der Waals surface area (Å²) >= 11 is 2.04. The van der Waals surface area contributed by atoms with Crippen molar-refractivity contribution in [1.82, 2.24) is 10.6 Å². The number of hydrogen-bond donors (Lipinski definition) is 4. The van der Waals surface area contributed by atoms with Gasteiger partial charge in [0.25, 0.3) is 0 Å². The average molecular weight is 560 g/mol. The molecule has 4 N–H and O–H groups in total. The van der Waals surface area contributed by atoms with E-state index in [2.05, 4.69) is 10.6 Å². The number of aliphatic hydroxyl groups is 2. The van der Waals surface area contributed by atoms with E-state index in [9.17, 15) is 14.7 Å². The summed E-state index contributed by atoms with van der Waals surface area (Å²) in [5, 5.41) is 26.1. The van der Waals surface area contributed by atoms with E-state index >= 15 is 0 Å². The number of carbonyl (C=O) groups is 2. The lowest BCUT2D eigenvalue weighted by Gasteiger charge is -2.35. The Balaban J connectivity index is 1.83. The molecule has 176 valence electrons. The van der Waals surface area contributed by atoms with Crippen LogP contribution in [-0.2, 0) is 9.53 Å². The highest BCUT2D eigenvalue weighted by atomic mass is 127. The number of halogens is 1. The number of carbonyl (C=O) groups excluding carboxylic acids is 2. The zero-order valence-electron chi connectivity index (χ0n) is 17.9. The fourth-order valence-corrected chi connectivity index (χ4v) is 4.60. The Morgan fingerprint density at radius 2 is 2.22 bits per heavy atom. The third kappa shape index (κ3) is 6.19. The molecule has 1 aromatic carbocycles. The molecule has 1 aliphatic carbocycles. The minimum atomic E-state index is -0.933. The Labute approximate surface area is 200 Å². The molecule has 4 atom stereocenters. The van der Waals surface area contributed by atoms with E-state index in [0.717, 1.165) is 25.7 Å². The van der Waals surface area contributed by atoms with Crippen LogP contribution in [0.25, 0.3) is 0 Å². The topological polar surface area (TPSA) is 126 Å². The molecule has 10 heteroatoms. The number of rotatable bonds is 10. The molecule has 2 aliphatic rings. The molecule has 1 heterocycles. The molecular weight excluding hydrogens is 531 g/mol. The van der Waals surface area contributed by atoms with Gasteiger partial charge in [-0.2, -0.15) is 0 Å². The van der Waals surface area contributed by atoms with Gasteiger partial charge >= 0.3 is 0 Å². The monoisotopic (exact) mass is 560 g/mol. The third-order valence-corrected chi connectivity index (χ3v) is 6.32. The number of ether oxygens (including phenoxy) is 3. The van der Waals surface area contributed by atoms with Crippen LogP contribution in [0.4, 0.5) is 0 Å². The third-order valence-electron chi connectivity index (χ3n) is 5.52. The first-order valence-corrected chi connectivity index (χ1v) is 11.7. The standard InChI is InChI=1S/C22H29IN2O7/c1-30-19-8-13(12-27)7-16(23)21(19)32-18-10-14(22(29)24-4-5-26)9-17(20(18)28)25-11-15-3-2-6-31-15/h7-8,10,12,15,17-18,20,25-26,28H,2-6,9,11H2,1H3,(H,24,29). The van der Waals surface area contributed by atoms with Crippen molar-refractivity contribution in [2.75, 3.05) is 33.4 Å². The molecule has 9 nitrogen and oxygen atoms in total. The summed E-state index contributed by atoms with van der Waals surface area (Å²) in [7, 11) is 1.47. The summed E-state index contributed by atoms with van der Waals surface area (Å²) in [6.45, 7) is 1.27. The SMILES string of the molecule is COc1cc(C=O)cc(I)c1OC1C=C(C(=O)NCCO)CC(NCC2CCCO2)C1O. The first-order valence-electron chi connectivity index (χ1n) is 10.6. The number of hydrogen-bond acceptors (Lipinski definition) is 8. The van der Waals surface area contributed by atoms with Gasteiger partial charge in [-0.25, -0.2) is 0 Å². The van der Waals surface area contributed by atoms with Gasteiger partial charge < -0.3 is 35.1 Å². The highest BCUT2D eigenvalue weighted by molar-refractivity contribution is 14.1. The van der Waals surface area contributed by atoms with Gasteiger partial charge in [0.2, 0.25) is 5.91 Å². The van der Waals surface area contributed by atoms with Crippen molar-refractivity contribution in [1.29, 1.82) is 0 Å². The van der Waals surface area contributed by atoms with Gasteiger partial charge in [0.05, 0.1) is 23.4 Å². The zero-order chi connectivity index (χ0) is 23.1. The molecule has 0 aromatic heterocycles. The molecule has 0 bridgehead atoms. The van der Waals surface area contributed by atoms with Crippen LogP contribution in [0.1, 0.15) is 29.6 Å². The fourth-order valence-electron chi connectivity index (χ4n) is 3.85. The Hall–Kier alpha value is -1.73. The number of aldehydes is 1. The van der Waals surface area contributed by atoms with Gasteiger partial charge in [0.15, 0.2) is 11.5 Å². The van der Waals surface area contributed by atoms with Crippen molar-refractivity contribution >= 4 is 34.8 Å². The number of amides is 1. The maximum atomic E-state index is 12.6. The molecule has 3 rings (SSSR count). The molecule has 1 aromatic rings. The molecule has 1 aliphatic heterocycles. The summed E-state index contributed by atoms with van der Waals surface area (Å²) in [5.41, 5.74) is 0.899. The van der Waals surface area contributed by atoms with Crippen molar-refractivity contribution in [3.05, 3.63) is 32.9 Å². The number of benzene rings is 1. The molecular formula is C22H29IN2O7. The van der Waals surface area contributed by atoms with Crippen molar-refractivity contribution in [2.45, 2.75) is 43.6 Å². The first-order chi connectivity index (χ1) is 15.5. The fraction of sp³-hybridized carbons (Fsp3) is 0.545. The second-order valence-corrected chi connectivity index (χ2v) is 8.91. The van der Waals surface area contributed by atoms with Crippen molar-refractivity contribution in [2.24, 2.45) is 0 Å². The van der Waals surface area contributed by atoms with E-state index < -0.39 is 18.2 Å². The van der Waals surface area contributed by atoms with E-state index in [0.29, 0.717) is 39.2 Å². The summed E-state index contributed by atoms with van der Waals surface area (Å²) in [6.07, 6.45) is 2.91. The Kier molecular flexibility index (Phi) is 9.29. The smallest absolute Gasteiger partial charge is 0.247 e. The van der Waals surface area contributed by atoms with Gasteiger partial charge in [-0.05, 0) is 60.1 Å². The summed E-state index contributed by atoms with van der Waals surface area (Å²) in [4.78, 5) is 23.8. The predicted octanol–water partition coefficient (Wildman–Crippen LogP) is 0.796. The summed E-state index contributed by atoms with van der Waals surface area (Å²) < 4.78 is 17.8. The molecule has 4 unspecified atom stereocenters. The molecule has 0 spiro atoms. The quantitative estimate of drug-likeness (QED) is 0.245. The molecule has 1 saturated heterocycles. The van der Waals surface area contributed by atoms with E-state index in [4.69, 9.17) is 19.3 Å². The highest BCUT2D eigenvalue weighted by Crippen LogP contribution is 2.36. The average Bonchev–Trinajstić information content (AvgIpc) is 3.32. The zero-order valence-corrected chi connectivity index (χ0v) is 20.0. The largest absolute Gasteiger partial charge is 0.493 e. The maximum Gasteiger partial charge on any atom is 0.247 e. The molecule has 32 heavy (non-hydrogen) atoms. The summed E-state index contributed by atoms with van der Waals surface area (Å²) in [6, 6.07) is 2.79. The van der Waals surface area contributed by atoms with E-state index in [1.165, 1.54) is 7.11 Å². The molecule has 1 fully saturated rings. The molecule has 0 radical (unpaired) electrons. The number of aliphatic hydroxyl groups excluding tert-OH is 2. The highest BCUT2D eigenvalue weighted by Gasteiger charge is 2.36. The van der Waals surface area contributed by atoms with Crippen LogP contribution in [0.3, 0.4) is 0 Å². The van der Waals surface area contributed by atoms with Gasteiger partial charge in [0.1, 0.15) is 18.5 Å². The van der Waals surface area contributed by atoms with Crippen LogP contribution >= 0.6 is 22.6 Å². The summed E-state index contributed by atoms with van der Waals surface area (Å²) in [5.74, 6) is 0.427.